The fraction of sp³-hybridized carbons (Fsp3) is 0.541. The molecular weight excluding hydrogens is 582 g/mol. The quantitative estimate of drug-likeness (QED) is 0.243. The molecule has 0 N–H and O–H groups in total. The van der Waals surface area contributed by atoms with Crippen molar-refractivity contribution in [2.24, 2.45) is 5.92 Å². The summed E-state index contributed by atoms with van der Waals surface area (Å²) in [6.07, 6.45) is 6.50. The van der Waals surface area contributed by atoms with Crippen molar-refractivity contribution in [2.45, 2.75) is 83.8 Å². The molecule has 0 radical (unpaired) electrons. The number of hydrogen-bond donors (Lipinski definition) is 0. The first-order chi connectivity index (χ1) is 22.0. The molecule has 2 aliphatic rings. The van der Waals surface area contributed by atoms with E-state index in [2.05, 4.69) is 22.8 Å². The van der Waals surface area contributed by atoms with Crippen LogP contribution in [0.25, 0.3) is 22.2 Å². The summed E-state index contributed by atoms with van der Waals surface area (Å²) in [6.45, 7) is 7.52. The Morgan fingerprint density at radius 1 is 0.978 bits per heavy atom. The predicted octanol–water partition coefficient (Wildman–Crippen LogP) is 7.26. The number of rotatable bonds is 8. The van der Waals surface area contributed by atoms with Crippen LogP contribution in [0.3, 0.4) is 0 Å². The van der Waals surface area contributed by atoms with E-state index < -0.39 is 11.7 Å². The molecule has 5 rings (SSSR count). The lowest BCUT2D eigenvalue weighted by molar-refractivity contribution is -0.130. The number of esters is 1. The molecule has 3 aromatic rings. The molecule has 1 aliphatic heterocycles. The highest BCUT2D eigenvalue weighted by Gasteiger charge is 2.31. The topological polar surface area (TPSA) is 90.3 Å². The normalized spacial score (nSPS) is 16.8. The number of fused-ring (bicyclic) bond motifs is 5. The molecule has 9 nitrogen and oxygen atoms in total. The van der Waals surface area contributed by atoms with E-state index in [4.69, 9.17) is 14.2 Å². The minimum absolute atomic E-state index is 0.0260. The Labute approximate surface area is 272 Å². The summed E-state index contributed by atoms with van der Waals surface area (Å²) >= 11 is 0. The molecule has 1 fully saturated rings. The molecule has 1 saturated carbocycles. The van der Waals surface area contributed by atoms with Gasteiger partial charge >= 0.3 is 12.1 Å². The van der Waals surface area contributed by atoms with Crippen molar-refractivity contribution >= 4 is 28.9 Å². The highest BCUT2D eigenvalue weighted by molar-refractivity contribution is 5.99. The van der Waals surface area contributed by atoms with Gasteiger partial charge in [-0.2, -0.15) is 0 Å². The van der Waals surface area contributed by atoms with Gasteiger partial charge in [0.2, 0.25) is 5.91 Å². The van der Waals surface area contributed by atoms with E-state index in [0.717, 1.165) is 36.1 Å². The number of carbonyl (C=O) groups excluding carboxylic acids is 3. The molecule has 46 heavy (non-hydrogen) atoms. The average molecular weight is 632 g/mol. The SMILES string of the molecule is COC(=O)c1ccc2c(C3CCCCC3)c3n(c2c1)C[C@@H](CCN(C)C(=O)CCN(C)C(=O)OC(C)(C)C)COc1ccccc1-3. The van der Waals surface area contributed by atoms with Gasteiger partial charge in [-0.15, -0.1) is 0 Å². The van der Waals surface area contributed by atoms with Crippen molar-refractivity contribution < 1.29 is 28.6 Å². The molecule has 2 amide bonds. The maximum absolute atomic E-state index is 13.1. The maximum atomic E-state index is 13.1. The second-order valence-electron chi connectivity index (χ2n) is 13.9. The summed E-state index contributed by atoms with van der Waals surface area (Å²) in [4.78, 5) is 41.2. The number of carbonyl (C=O) groups is 3. The van der Waals surface area contributed by atoms with Crippen LogP contribution in [0.1, 0.15) is 87.6 Å². The van der Waals surface area contributed by atoms with Gasteiger partial charge in [0, 0.05) is 62.5 Å². The lowest BCUT2D eigenvalue weighted by Crippen LogP contribution is -2.37. The minimum Gasteiger partial charge on any atom is -0.493 e. The van der Waals surface area contributed by atoms with Crippen LogP contribution < -0.4 is 4.74 Å². The zero-order valence-corrected chi connectivity index (χ0v) is 28.3. The van der Waals surface area contributed by atoms with Crippen LogP contribution in [0, 0.1) is 5.92 Å². The van der Waals surface area contributed by atoms with Gasteiger partial charge in [-0.25, -0.2) is 9.59 Å². The van der Waals surface area contributed by atoms with Crippen molar-refractivity contribution in [3.05, 3.63) is 53.6 Å². The fourth-order valence-corrected chi connectivity index (χ4v) is 6.77. The van der Waals surface area contributed by atoms with Crippen LogP contribution in [0.5, 0.6) is 5.75 Å². The maximum Gasteiger partial charge on any atom is 0.410 e. The van der Waals surface area contributed by atoms with Crippen molar-refractivity contribution in [1.29, 1.82) is 0 Å². The number of aromatic nitrogens is 1. The van der Waals surface area contributed by atoms with Gasteiger partial charge in [-0.05, 0) is 75.8 Å². The lowest BCUT2D eigenvalue weighted by atomic mass is 9.81. The molecule has 1 aliphatic carbocycles. The zero-order chi connectivity index (χ0) is 33.0. The first kappa shape index (κ1) is 33.4. The van der Waals surface area contributed by atoms with E-state index in [1.165, 1.54) is 47.9 Å². The monoisotopic (exact) mass is 631 g/mol. The van der Waals surface area contributed by atoms with E-state index in [1.807, 2.05) is 52.1 Å². The van der Waals surface area contributed by atoms with Gasteiger partial charge in [0.15, 0.2) is 0 Å². The first-order valence-corrected chi connectivity index (χ1v) is 16.6. The summed E-state index contributed by atoms with van der Waals surface area (Å²) in [5.74, 6) is 1.03. The Morgan fingerprint density at radius 3 is 2.43 bits per heavy atom. The molecule has 2 heterocycles. The van der Waals surface area contributed by atoms with Crippen LogP contribution in [0.15, 0.2) is 42.5 Å². The average Bonchev–Trinajstić information content (AvgIpc) is 3.35. The van der Waals surface area contributed by atoms with Crippen LogP contribution >= 0.6 is 0 Å². The van der Waals surface area contributed by atoms with Gasteiger partial charge in [0.1, 0.15) is 11.4 Å². The number of benzene rings is 2. The molecule has 9 heteroatoms. The number of para-hydroxylation sites is 1. The molecular formula is C37H49N3O6. The number of hydrogen-bond acceptors (Lipinski definition) is 6. The second kappa shape index (κ2) is 14.2. The van der Waals surface area contributed by atoms with Gasteiger partial charge < -0.3 is 28.6 Å². The van der Waals surface area contributed by atoms with E-state index in [0.29, 0.717) is 31.2 Å². The van der Waals surface area contributed by atoms with Crippen LogP contribution in [-0.4, -0.2) is 78.8 Å². The molecule has 2 aromatic carbocycles. The molecule has 0 saturated heterocycles. The molecule has 248 valence electrons. The van der Waals surface area contributed by atoms with E-state index in [1.54, 1.807) is 11.9 Å². The molecule has 1 aromatic heterocycles. The van der Waals surface area contributed by atoms with Crippen molar-refractivity contribution in [1.82, 2.24) is 14.4 Å². The van der Waals surface area contributed by atoms with Crippen LogP contribution in [0.2, 0.25) is 0 Å². The number of nitrogens with zero attached hydrogens (tertiary/aromatic N) is 3. The summed E-state index contributed by atoms with van der Waals surface area (Å²) in [6, 6.07) is 14.2. The van der Waals surface area contributed by atoms with Crippen molar-refractivity contribution in [3.63, 3.8) is 0 Å². The minimum atomic E-state index is -0.588. The molecule has 0 spiro atoms. The highest BCUT2D eigenvalue weighted by Crippen LogP contribution is 2.47. The van der Waals surface area contributed by atoms with Crippen LogP contribution in [0.4, 0.5) is 4.79 Å². The van der Waals surface area contributed by atoms with Crippen LogP contribution in [-0.2, 0) is 20.8 Å². The Morgan fingerprint density at radius 2 is 1.72 bits per heavy atom. The lowest BCUT2D eigenvalue weighted by Gasteiger charge is -2.29. The largest absolute Gasteiger partial charge is 0.493 e. The zero-order valence-electron chi connectivity index (χ0n) is 28.3. The summed E-state index contributed by atoms with van der Waals surface area (Å²) < 4.78 is 19.4. The van der Waals surface area contributed by atoms with E-state index >= 15 is 0 Å². The second-order valence-corrected chi connectivity index (χ2v) is 13.9. The molecule has 0 bridgehead atoms. The summed E-state index contributed by atoms with van der Waals surface area (Å²) in [5, 5.41) is 1.19. The van der Waals surface area contributed by atoms with Gasteiger partial charge in [0.05, 0.1) is 25.0 Å². The number of amides is 2. The Hall–Kier alpha value is -4.01. The molecule has 0 unspecified atom stereocenters. The predicted molar refractivity (Wildman–Crippen MR) is 179 cm³/mol. The fourth-order valence-electron chi connectivity index (χ4n) is 6.77. The molecule has 1 atom stereocenters. The van der Waals surface area contributed by atoms with E-state index in [9.17, 15) is 14.4 Å². The summed E-state index contributed by atoms with van der Waals surface area (Å²) in [7, 11) is 4.88. The third-order valence-corrected chi connectivity index (χ3v) is 9.26. The van der Waals surface area contributed by atoms with Gasteiger partial charge in [0.25, 0.3) is 0 Å². The van der Waals surface area contributed by atoms with Gasteiger partial charge in [-0.1, -0.05) is 37.5 Å². The van der Waals surface area contributed by atoms with Gasteiger partial charge in [-0.3, -0.25) is 4.79 Å². The third-order valence-electron chi connectivity index (χ3n) is 9.26. The Balaban J connectivity index is 1.41. The first-order valence-electron chi connectivity index (χ1n) is 16.6. The third kappa shape index (κ3) is 7.51. The van der Waals surface area contributed by atoms with Crippen molar-refractivity contribution in [2.75, 3.05) is 40.9 Å². The Kier molecular flexibility index (Phi) is 10.3. The standard InChI is InChI=1S/C37H49N3O6/c1-37(2,3)46-36(43)39(5)21-19-32(41)38(4)20-18-25-23-40-30-22-27(35(42)44-6)16-17-28(30)33(26-12-8-7-9-13-26)34(40)29-14-10-11-15-31(29)45-24-25/h10-11,14-17,22,25-26H,7-9,12-13,18-21,23-24H2,1-6H3/t25-/m1/s1. The number of ether oxygens (including phenoxy) is 3. The summed E-state index contributed by atoms with van der Waals surface area (Å²) in [5.41, 5.74) is 4.60. The Bertz CT molecular complexity index is 1570. The smallest absolute Gasteiger partial charge is 0.410 e. The highest BCUT2D eigenvalue weighted by atomic mass is 16.6. The van der Waals surface area contributed by atoms with E-state index in [-0.39, 0.29) is 30.8 Å². The number of methoxy groups -OCH3 is 1. The van der Waals surface area contributed by atoms with Crippen molar-refractivity contribution in [3.8, 4) is 17.0 Å².